The third-order valence-corrected chi connectivity index (χ3v) is 2.72. The highest BCUT2D eigenvalue weighted by Crippen LogP contribution is 2.20. The molecule has 0 spiro atoms. The minimum absolute atomic E-state index is 0.0231. The number of carboxylic acid groups (broad SMARTS) is 1. The monoisotopic (exact) mass is 294 g/mol. The average molecular weight is 294 g/mol. The second-order valence-electron chi connectivity index (χ2n) is 4.20. The van der Waals surface area contributed by atoms with Crippen molar-refractivity contribution in [2.75, 3.05) is 13.7 Å². The summed E-state index contributed by atoms with van der Waals surface area (Å²) in [5, 5.41) is 15.0. The van der Waals surface area contributed by atoms with Crippen molar-refractivity contribution in [3.63, 3.8) is 0 Å². The first-order valence-electron chi connectivity index (χ1n) is 6.15. The van der Waals surface area contributed by atoms with E-state index >= 15 is 0 Å². The van der Waals surface area contributed by atoms with Gasteiger partial charge in [-0.15, -0.1) is 0 Å². The number of ether oxygens (including phenoxy) is 1. The van der Waals surface area contributed by atoms with Gasteiger partial charge in [0.05, 0.1) is 6.26 Å². The van der Waals surface area contributed by atoms with Gasteiger partial charge in [-0.25, -0.2) is 4.79 Å². The van der Waals surface area contributed by atoms with Gasteiger partial charge in [0, 0.05) is 26.2 Å². The Kier molecular flexibility index (Phi) is 4.72. The molecule has 1 unspecified atom stereocenters. The molecule has 0 saturated heterocycles. The summed E-state index contributed by atoms with van der Waals surface area (Å²) in [5.41, 5.74) is -0.0231. The summed E-state index contributed by atoms with van der Waals surface area (Å²) in [6.45, 7) is 0.216. The lowest BCUT2D eigenvalue weighted by atomic mass is 10.2. The lowest BCUT2D eigenvalue weighted by Crippen LogP contribution is -2.41. The Hall–Kier alpha value is -2.61. The number of carbonyl (C=O) groups excluding carboxylic acids is 1. The number of rotatable bonds is 7. The number of hydrogen-bond donors (Lipinski definition) is 2. The van der Waals surface area contributed by atoms with Crippen molar-refractivity contribution in [2.45, 2.75) is 12.5 Å². The summed E-state index contributed by atoms with van der Waals surface area (Å²) in [6.07, 6.45) is 1.61. The van der Waals surface area contributed by atoms with Crippen LogP contribution in [0.15, 0.2) is 33.4 Å². The van der Waals surface area contributed by atoms with E-state index in [2.05, 4.69) is 10.5 Å². The topological polar surface area (TPSA) is 115 Å². The fraction of sp³-hybridized carbons (Fsp3) is 0.308. The average Bonchev–Trinajstić information content (AvgIpc) is 3.12. The van der Waals surface area contributed by atoms with Gasteiger partial charge >= 0.3 is 5.97 Å². The van der Waals surface area contributed by atoms with E-state index < -0.39 is 17.9 Å². The maximum absolute atomic E-state index is 11.9. The van der Waals surface area contributed by atoms with Gasteiger partial charge in [-0.3, -0.25) is 4.79 Å². The molecular weight excluding hydrogens is 280 g/mol. The van der Waals surface area contributed by atoms with Crippen molar-refractivity contribution in [2.24, 2.45) is 0 Å². The van der Waals surface area contributed by atoms with E-state index in [-0.39, 0.29) is 24.5 Å². The van der Waals surface area contributed by atoms with Crippen LogP contribution in [0, 0.1) is 0 Å². The van der Waals surface area contributed by atoms with E-state index in [1.807, 2.05) is 0 Å². The van der Waals surface area contributed by atoms with Crippen LogP contribution in [0.2, 0.25) is 0 Å². The number of carbonyl (C=O) groups is 2. The predicted molar refractivity (Wildman–Crippen MR) is 69.6 cm³/mol. The third kappa shape index (κ3) is 3.69. The zero-order chi connectivity index (χ0) is 15.2. The van der Waals surface area contributed by atoms with Crippen LogP contribution in [0.3, 0.4) is 0 Å². The minimum Gasteiger partial charge on any atom is -0.480 e. The fourth-order valence-corrected chi connectivity index (χ4v) is 1.64. The van der Waals surface area contributed by atoms with Crippen LogP contribution < -0.4 is 5.32 Å². The Morgan fingerprint density at radius 2 is 2.29 bits per heavy atom. The molecule has 8 nitrogen and oxygen atoms in total. The van der Waals surface area contributed by atoms with Crippen LogP contribution in [-0.2, 0) is 9.53 Å². The number of aromatic nitrogens is 1. The third-order valence-electron chi connectivity index (χ3n) is 2.72. The molecule has 1 amide bonds. The first-order chi connectivity index (χ1) is 10.1. The zero-order valence-electron chi connectivity index (χ0n) is 11.2. The molecule has 1 atom stereocenters. The SMILES string of the molecule is COCCC(NC(=O)c1cc(-c2ccco2)on1)C(=O)O. The molecule has 0 aliphatic carbocycles. The maximum atomic E-state index is 11.9. The number of methoxy groups -OCH3 is 1. The van der Waals surface area contributed by atoms with Gasteiger partial charge in [0.15, 0.2) is 11.5 Å². The molecule has 0 fully saturated rings. The highest BCUT2D eigenvalue weighted by Gasteiger charge is 2.22. The molecule has 0 aliphatic heterocycles. The van der Waals surface area contributed by atoms with E-state index in [1.165, 1.54) is 19.4 Å². The van der Waals surface area contributed by atoms with Gasteiger partial charge < -0.3 is 24.1 Å². The molecule has 112 valence electrons. The first-order valence-corrected chi connectivity index (χ1v) is 6.15. The Labute approximate surface area is 119 Å². The minimum atomic E-state index is -1.14. The molecule has 2 heterocycles. The van der Waals surface area contributed by atoms with Gasteiger partial charge in [0.2, 0.25) is 5.76 Å². The number of nitrogens with zero attached hydrogens (tertiary/aromatic N) is 1. The van der Waals surface area contributed by atoms with E-state index in [9.17, 15) is 9.59 Å². The quantitative estimate of drug-likeness (QED) is 0.787. The molecule has 0 aromatic carbocycles. The molecule has 0 bridgehead atoms. The fourth-order valence-electron chi connectivity index (χ4n) is 1.64. The van der Waals surface area contributed by atoms with Gasteiger partial charge in [-0.1, -0.05) is 5.16 Å². The van der Waals surface area contributed by atoms with Crippen molar-refractivity contribution in [3.8, 4) is 11.5 Å². The van der Waals surface area contributed by atoms with E-state index in [1.54, 1.807) is 12.1 Å². The van der Waals surface area contributed by atoms with E-state index in [0.717, 1.165) is 0 Å². The summed E-state index contributed by atoms with van der Waals surface area (Å²) in [4.78, 5) is 23.0. The molecule has 2 aromatic rings. The van der Waals surface area contributed by atoms with Crippen LogP contribution in [0.25, 0.3) is 11.5 Å². The molecule has 8 heteroatoms. The van der Waals surface area contributed by atoms with Crippen LogP contribution in [0.5, 0.6) is 0 Å². The number of carboxylic acids is 1. The Morgan fingerprint density at radius 1 is 1.48 bits per heavy atom. The second-order valence-corrected chi connectivity index (χ2v) is 4.20. The number of furan rings is 1. The summed E-state index contributed by atoms with van der Waals surface area (Å²) in [6, 6.07) is 3.65. The standard InChI is InChI=1S/C13H14N2O6/c1-19-6-4-8(13(17)18)14-12(16)9-7-11(21-15-9)10-3-2-5-20-10/h2-3,5,7-8H,4,6H2,1H3,(H,14,16)(H,17,18). The van der Waals surface area contributed by atoms with Crippen molar-refractivity contribution in [3.05, 3.63) is 30.2 Å². The summed E-state index contributed by atoms with van der Waals surface area (Å²) in [7, 11) is 1.45. The summed E-state index contributed by atoms with van der Waals surface area (Å²) in [5.74, 6) is -1.07. The normalized spacial score (nSPS) is 12.0. The van der Waals surface area contributed by atoms with Crippen LogP contribution in [0.4, 0.5) is 0 Å². The maximum Gasteiger partial charge on any atom is 0.326 e. The van der Waals surface area contributed by atoms with Gasteiger partial charge in [-0.05, 0) is 12.1 Å². The predicted octanol–water partition coefficient (Wildman–Crippen LogP) is 1.15. The Balaban J connectivity index is 2.04. The molecule has 2 aromatic heterocycles. The highest BCUT2D eigenvalue weighted by molar-refractivity contribution is 5.95. The van der Waals surface area contributed by atoms with E-state index in [4.69, 9.17) is 18.8 Å². The van der Waals surface area contributed by atoms with Crippen molar-refractivity contribution < 1.29 is 28.4 Å². The van der Waals surface area contributed by atoms with Gasteiger partial charge in [0.1, 0.15) is 6.04 Å². The zero-order valence-corrected chi connectivity index (χ0v) is 11.2. The lowest BCUT2D eigenvalue weighted by molar-refractivity contribution is -0.139. The van der Waals surface area contributed by atoms with E-state index in [0.29, 0.717) is 5.76 Å². The van der Waals surface area contributed by atoms with Crippen molar-refractivity contribution in [1.82, 2.24) is 10.5 Å². The summed E-state index contributed by atoms with van der Waals surface area (Å²) < 4.78 is 14.9. The molecule has 21 heavy (non-hydrogen) atoms. The number of nitrogens with one attached hydrogen (secondary N) is 1. The Morgan fingerprint density at radius 3 is 2.90 bits per heavy atom. The van der Waals surface area contributed by atoms with Gasteiger partial charge in [-0.2, -0.15) is 0 Å². The molecule has 0 radical (unpaired) electrons. The number of hydrogen-bond acceptors (Lipinski definition) is 6. The van der Waals surface area contributed by atoms with Crippen molar-refractivity contribution in [1.29, 1.82) is 0 Å². The number of amides is 1. The molecule has 2 N–H and O–H groups in total. The number of aliphatic carboxylic acids is 1. The van der Waals surface area contributed by atoms with Crippen LogP contribution >= 0.6 is 0 Å². The molecule has 0 aliphatic rings. The second kappa shape index (κ2) is 6.71. The highest BCUT2D eigenvalue weighted by atomic mass is 16.5. The molecule has 0 saturated carbocycles. The van der Waals surface area contributed by atoms with Crippen molar-refractivity contribution >= 4 is 11.9 Å². The van der Waals surface area contributed by atoms with Crippen LogP contribution in [-0.4, -0.2) is 41.9 Å². The molecule has 2 rings (SSSR count). The van der Waals surface area contributed by atoms with Crippen LogP contribution in [0.1, 0.15) is 16.9 Å². The lowest BCUT2D eigenvalue weighted by Gasteiger charge is -2.12. The Bertz CT molecular complexity index is 604. The summed E-state index contributed by atoms with van der Waals surface area (Å²) >= 11 is 0. The first kappa shape index (κ1) is 14.8. The smallest absolute Gasteiger partial charge is 0.326 e. The van der Waals surface area contributed by atoms with Gasteiger partial charge in [0.25, 0.3) is 5.91 Å². The largest absolute Gasteiger partial charge is 0.480 e. The molecular formula is C13H14N2O6.